The molecular weight excluding hydrogens is 256 g/mol. The molecule has 18 heavy (non-hydrogen) atoms. The normalized spacial score (nSPS) is 28.0. The Hall–Kier alpha value is -1.45. The predicted octanol–water partition coefficient (Wildman–Crippen LogP) is -0.839. The number of aliphatic hydroxyl groups excluding tert-OH is 2. The first-order valence-corrected chi connectivity index (χ1v) is 6.40. The fraction of sp³-hybridized carbons (Fsp3) is 0.556. The third kappa shape index (κ3) is 1.71. The fourth-order valence-corrected chi connectivity index (χ4v) is 3.43. The van der Waals surface area contributed by atoms with Crippen molar-refractivity contribution in [2.45, 2.75) is 23.1 Å². The number of aliphatic hydroxyl groups is 2. The molecular formula is C9H12N6O2S. The third-order valence-electron chi connectivity index (χ3n) is 3.00. The zero-order valence-corrected chi connectivity index (χ0v) is 10.2. The minimum absolute atomic E-state index is 0.0294. The van der Waals surface area contributed by atoms with E-state index in [4.69, 9.17) is 10.8 Å². The molecule has 8 nitrogen and oxygen atoms in total. The zero-order chi connectivity index (χ0) is 12.7. The van der Waals surface area contributed by atoms with Gasteiger partial charge in [0, 0.05) is 6.42 Å². The van der Waals surface area contributed by atoms with E-state index >= 15 is 0 Å². The van der Waals surface area contributed by atoms with E-state index in [2.05, 4.69) is 20.4 Å². The van der Waals surface area contributed by atoms with Crippen LogP contribution < -0.4 is 5.73 Å². The molecule has 3 rings (SSSR count). The van der Waals surface area contributed by atoms with Crippen LogP contribution in [-0.2, 0) is 0 Å². The largest absolute Gasteiger partial charge is 0.395 e. The Morgan fingerprint density at radius 3 is 3.06 bits per heavy atom. The molecule has 3 atom stereocenters. The summed E-state index contributed by atoms with van der Waals surface area (Å²) in [5, 5.41) is 29.9. The summed E-state index contributed by atoms with van der Waals surface area (Å²) in [5.41, 5.74) is 6.72. The quantitative estimate of drug-likeness (QED) is 0.644. The predicted molar refractivity (Wildman–Crippen MR) is 65.7 cm³/mol. The van der Waals surface area contributed by atoms with Gasteiger partial charge in [-0.25, -0.2) is 4.98 Å². The van der Waals surface area contributed by atoms with Gasteiger partial charge in [-0.3, -0.25) is 0 Å². The number of nitrogens with two attached hydrogens (primary N) is 1. The lowest BCUT2D eigenvalue weighted by atomic mass is 10.2. The van der Waals surface area contributed by atoms with E-state index < -0.39 is 6.10 Å². The molecule has 0 spiro atoms. The summed E-state index contributed by atoms with van der Waals surface area (Å²) in [6, 6.07) is 0. The van der Waals surface area contributed by atoms with Crippen molar-refractivity contribution < 1.29 is 10.2 Å². The van der Waals surface area contributed by atoms with Gasteiger partial charge in [0.25, 0.3) is 0 Å². The third-order valence-corrected chi connectivity index (χ3v) is 4.54. The first-order valence-electron chi connectivity index (χ1n) is 5.46. The molecule has 1 aliphatic rings. The van der Waals surface area contributed by atoms with Gasteiger partial charge < -0.3 is 20.5 Å². The average Bonchev–Trinajstić information content (AvgIpc) is 2.93. The summed E-state index contributed by atoms with van der Waals surface area (Å²) in [5.74, 6) is 0.237. The van der Waals surface area contributed by atoms with Gasteiger partial charge in [0.05, 0.1) is 29.7 Å². The average molecular weight is 268 g/mol. The number of nitrogens with zero attached hydrogens (tertiary/aromatic N) is 5. The Morgan fingerprint density at radius 1 is 1.50 bits per heavy atom. The first kappa shape index (κ1) is 11.6. The Labute approximate surface area is 106 Å². The smallest absolute Gasteiger partial charge is 0.189 e. The van der Waals surface area contributed by atoms with Crippen LogP contribution in [0.5, 0.6) is 0 Å². The van der Waals surface area contributed by atoms with Crippen molar-refractivity contribution >= 4 is 28.7 Å². The van der Waals surface area contributed by atoms with E-state index in [1.165, 1.54) is 11.8 Å². The molecule has 0 amide bonds. The van der Waals surface area contributed by atoms with Crippen molar-refractivity contribution in [3.8, 4) is 0 Å². The monoisotopic (exact) mass is 268 g/mol. The number of thioether (sulfide) groups is 1. The Balaban J connectivity index is 1.99. The Morgan fingerprint density at radius 2 is 2.33 bits per heavy atom. The fourth-order valence-electron chi connectivity index (χ4n) is 2.06. The maximum Gasteiger partial charge on any atom is 0.189 e. The van der Waals surface area contributed by atoms with Crippen LogP contribution >= 0.6 is 11.8 Å². The maximum atomic E-state index is 9.80. The Bertz CT molecular complexity index is 575. The molecule has 0 saturated carbocycles. The van der Waals surface area contributed by atoms with Gasteiger partial charge in [-0.1, -0.05) is 0 Å². The van der Waals surface area contributed by atoms with Crippen LogP contribution in [-0.4, -0.2) is 53.1 Å². The second-order valence-corrected chi connectivity index (χ2v) is 5.54. The molecule has 9 heteroatoms. The topological polar surface area (TPSA) is 123 Å². The summed E-state index contributed by atoms with van der Waals surface area (Å²) < 4.78 is 1.81. The van der Waals surface area contributed by atoms with E-state index in [9.17, 15) is 5.11 Å². The van der Waals surface area contributed by atoms with Crippen molar-refractivity contribution in [3.63, 3.8) is 0 Å². The van der Waals surface area contributed by atoms with Gasteiger partial charge in [0.2, 0.25) is 0 Å². The van der Waals surface area contributed by atoms with Crippen molar-refractivity contribution in [2.75, 3.05) is 12.3 Å². The molecule has 0 bridgehead atoms. The number of fused-ring (bicyclic) bond motifs is 1. The van der Waals surface area contributed by atoms with Crippen LogP contribution in [0.25, 0.3) is 11.2 Å². The second-order valence-electron chi connectivity index (χ2n) is 4.11. The van der Waals surface area contributed by atoms with E-state index in [0.717, 1.165) is 0 Å². The van der Waals surface area contributed by atoms with Crippen LogP contribution in [0.3, 0.4) is 0 Å². The minimum atomic E-state index is -0.533. The molecule has 3 heterocycles. The van der Waals surface area contributed by atoms with Crippen LogP contribution in [0, 0.1) is 0 Å². The van der Waals surface area contributed by atoms with Crippen molar-refractivity contribution in [2.24, 2.45) is 0 Å². The van der Waals surface area contributed by atoms with Gasteiger partial charge in [0.15, 0.2) is 17.0 Å². The van der Waals surface area contributed by atoms with Crippen LogP contribution in [0.15, 0.2) is 6.33 Å². The highest BCUT2D eigenvalue weighted by molar-refractivity contribution is 8.00. The van der Waals surface area contributed by atoms with Gasteiger partial charge in [-0.05, 0) is 5.21 Å². The standard InChI is InChI=1S/C9H12N6O2S/c10-8-7-9(13-14-12-8)15(3-11-7)6-1-4(17)5(2-16)18-6/h3-6,16-17H,1-2H2,(H2,10,12,13). The maximum absolute atomic E-state index is 9.80. The SMILES string of the molecule is Nc1nnnc2c1ncn2C1CC(O)C(CO)S1. The Kier molecular flexibility index (Phi) is 2.80. The van der Waals surface area contributed by atoms with Crippen LogP contribution in [0.4, 0.5) is 5.82 Å². The van der Waals surface area contributed by atoms with Crippen molar-refractivity contribution in [3.05, 3.63) is 6.33 Å². The lowest BCUT2D eigenvalue weighted by Crippen LogP contribution is -2.20. The first-order chi connectivity index (χ1) is 8.70. The molecule has 1 saturated heterocycles. The van der Waals surface area contributed by atoms with Crippen molar-refractivity contribution in [1.29, 1.82) is 0 Å². The van der Waals surface area contributed by atoms with E-state index in [0.29, 0.717) is 17.6 Å². The van der Waals surface area contributed by atoms with Crippen LogP contribution in [0.2, 0.25) is 0 Å². The number of nitrogen functional groups attached to an aromatic ring is 1. The summed E-state index contributed by atoms with van der Waals surface area (Å²) >= 11 is 1.49. The molecule has 0 radical (unpaired) electrons. The molecule has 1 aliphatic heterocycles. The second kappa shape index (κ2) is 4.34. The highest BCUT2D eigenvalue weighted by atomic mass is 32.2. The molecule has 0 aliphatic carbocycles. The molecule has 2 aromatic heterocycles. The number of anilines is 1. The summed E-state index contributed by atoms with van der Waals surface area (Å²) in [4.78, 5) is 4.15. The van der Waals surface area contributed by atoms with Gasteiger partial charge >= 0.3 is 0 Å². The lowest BCUT2D eigenvalue weighted by molar-refractivity contribution is 0.138. The molecule has 4 N–H and O–H groups in total. The molecule has 2 aromatic rings. The summed E-state index contributed by atoms with van der Waals surface area (Å²) in [7, 11) is 0. The lowest BCUT2D eigenvalue weighted by Gasteiger charge is -2.11. The molecule has 96 valence electrons. The highest BCUT2D eigenvalue weighted by Crippen LogP contribution is 2.42. The number of hydrogen-bond donors (Lipinski definition) is 3. The number of imidazole rings is 1. The van der Waals surface area contributed by atoms with E-state index in [-0.39, 0.29) is 23.0 Å². The van der Waals surface area contributed by atoms with Crippen molar-refractivity contribution in [1.82, 2.24) is 25.0 Å². The number of aromatic nitrogens is 5. The zero-order valence-electron chi connectivity index (χ0n) is 9.34. The number of rotatable bonds is 2. The molecule has 0 aromatic carbocycles. The number of hydrogen-bond acceptors (Lipinski definition) is 8. The molecule has 3 unspecified atom stereocenters. The van der Waals surface area contributed by atoms with Gasteiger partial charge in [-0.15, -0.1) is 22.0 Å². The highest BCUT2D eigenvalue weighted by Gasteiger charge is 2.35. The summed E-state index contributed by atoms with van der Waals surface area (Å²) in [6.45, 7) is -0.0513. The minimum Gasteiger partial charge on any atom is -0.395 e. The van der Waals surface area contributed by atoms with E-state index in [1.54, 1.807) is 6.33 Å². The molecule has 1 fully saturated rings. The van der Waals surface area contributed by atoms with Crippen LogP contribution in [0.1, 0.15) is 11.8 Å². The van der Waals surface area contributed by atoms with E-state index in [1.807, 2.05) is 4.57 Å². The summed E-state index contributed by atoms with van der Waals surface area (Å²) in [6.07, 6.45) is 1.61. The van der Waals surface area contributed by atoms with Gasteiger partial charge in [0.1, 0.15) is 0 Å². The van der Waals surface area contributed by atoms with Gasteiger partial charge in [-0.2, -0.15) is 0 Å².